The summed E-state index contributed by atoms with van der Waals surface area (Å²) in [7, 11) is 1.79. The second kappa shape index (κ2) is 8.03. The SMILES string of the molecule is Cc1ccc(Cl)cc1N/C=C(/C#N)C(=O)N(C)C1CCCCC1. The maximum Gasteiger partial charge on any atom is 0.266 e. The third-order valence-corrected chi connectivity index (χ3v) is 4.60. The zero-order valence-corrected chi connectivity index (χ0v) is 14.4. The summed E-state index contributed by atoms with van der Waals surface area (Å²) in [6, 6.07) is 7.71. The molecule has 0 aromatic heterocycles. The summed E-state index contributed by atoms with van der Waals surface area (Å²) < 4.78 is 0. The van der Waals surface area contributed by atoms with E-state index in [4.69, 9.17) is 11.6 Å². The number of amides is 1. The van der Waals surface area contributed by atoms with Crippen LogP contribution in [-0.4, -0.2) is 23.9 Å². The highest BCUT2D eigenvalue weighted by atomic mass is 35.5. The van der Waals surface area contributed by atoms with Crippen molar-refractivity contribution in [2.45, 2.75) is 45.1 Å². The molecule has 0 radical (unpaired) electrons. The smallest absolute Gasteiger partial charge is 0.266 e. The van der Waals surface area contributed by atoms with Gasteiger partial charge in [0.15, 0.2) is 0 Å². The number of hydrogen-bond donors (Lipinski definition) is 1. The molecule has 2 rings (SSSR count). The fourth-order valence-electron chi connectivity index (χ4n) is 2.87. The predicted molar refractivity (Wildman–Crippen MR) is 93.2 cm³/mol. The monoisotopic (exact) mass is 331 g/mol. The Bertz CT molecular complexity index is 642. The molecule has 0 heterocycles. The minimum absolute atomic E-state index is 0.109. The summed E-state index contributed by atoms with van der Waals surface area (Å²) in [5, 5.41) is 12.9. The highest BCUT2D eigenvalue weighted by molar-refractivity contribution is 6.30. The molecule has 1 fully saturated rings. The molecular formula is C18H22ClN3O. The second-order valence-corrected chi connectivity index (χ2v) is 6.42. The van der Waals surface area contributed by atoms with E-state index in [1.807, 2.05) is 19.1 Å². The van der Waals surface area contributed by atoms with E-state index < -0.39 is 0 Å². The van der Waals surface area contributed by atoms with Gasteiger partial charge < -0.3 is 10.2 Å². The van der Waals surface area contributed by atoms with Gasteiger partial charge in [0.1, 0.15) is 11.6 Å². The number of rotatable bonds is 4. The number of nitriles is 1. The quantitative estimate of drug-likeness (QED) is 0.662. The Morgan fingerprint density at radius 3 is 2.74 bits per heavy atom. The molecule has 0 aliphatic heterocycles. The topological polar surface area (TPSA) is 56.1 Å². The minimum atomic E-state index is -0.230. The largest absolute Gasteiger partial charge is 0.360 e. The van der Waals surface area contributed by atoms with Gasteiger partial charge in [-0.25, -0.2) is 0 Å². The fourth-order valence-corrected chi connectivity index (χ4v) is 3.04. The number of aryl methyl sites for hydroxylation is 1. The zero-order chi connectivity index (χ0) is 16.8. The van der Waals surface area contributed by atoms with Crippen molar-refractivity contribution in [1.82, 2.24) is 4.90 Å². The molecule has 0 bridgehead atoms. The Balaban J connectivity index is 2.10. The molecule has 0 saturated heterocycles. The van der Waals surface area contributed by atoms with Crippen molar-refractivity contribution in [3.63, 3.8) is 0 Å². The zero-order valence-electron chi connectivity index (χ0n) is 13.6. The summed E-state index contributed by atoms with van der Waals surface area (Å²) in [6.45, 7) is 1.94. The van der Waals surface area contributed by atoms with E-state index in [0.717, 1.165) is 36.9 Å². The van der Waals surface area contributed by atoms with Gasteiger partial charge in [-0.1, -0.05) is 36.9 Å². The summed E-state index contributed by atoms with van der Waals surface area (Å²) >= 11 is 5.98. The highest BCUT2D eigenvalue weighted by Crippen LogP contribution is 2.23. The average molecular weight is 332 g/mol. The van der Waals surface area contributed by atoms with Gasteiger partial charge in [-0.15, -0.1) is 0 Å². The lowest BCUT2D eigenvalue weighted by molar-refractivity contribution is -0.128. The molecule has 5 heteroatoms. The Labute approximate surface area is 142 Å². The number of likely N-dealkylation sites (N-methyl/N-ethyl adjacent to an activating group) is 1. The van der Waals surface area contributed by atoms with Crippen LogP contribution in [0.4, 0.5) is 5.69 Å². The number of nitrogens with zero attached hydrogens (tertiary/aromatic N) is 2. The minimum Gasteiger partial charge on any atom is -0.360 e. The molecule has 4 nitrogen and oxygen atoms in total. The van der Waals surface area contributed by atoms with Gasteiger partial charge in [-0.05, 0) is 37.5 Å². The molecule has 23 heavy (non-hydrogen) atoms. The molecule has 1 aromatic carbocycles. The van der Waals surface area contributed by atoms with E-state index in [2.05, 4.69) is 5.32 Å². The van der Waals surface area contributed by atoms with Crippen molar-refractivity contribution in [3.05, 3.63) is 40.6 Å². The number of nitrogens with one attached hydrogen (secondary N) is 1. The highest BCUT2D eigenvalue weighted by Gasteiger charge is 2.24. The van der Waals surface area contributed by atoms with Gasteiger partial charge >= 0.3 is 0 Å². The first-order valence-corrected chi connectivity index (χ1v) is 8.31. The number of carbonyl (C=O) groups is 1. The molecule has 0 atom stereocenters. The Morgan fingerprint density at radius 2 is 2.09 bits per heavy atom. The van der Waals surface area contributed by atoms with Crippen molar-refractivity contribution in [2.24, 2.45) is 0 Å². The Hall–Kier alpha value is -1.99. The standard InChI is InChI=1S/C18H22ClN3O/c1-13-8-9-15(19)10-17(13)21-12-14(11-20)18(23)22(2)16-6-4-3-5-7-16/h8-10,12,16,21H,3-7H2,1-2H3/b14-12-. The molecule has 1 aromatic rings. The first-order chi connectivity index (χ1) is 11.0. The summed E-state index contributed by atoms with van der Waals surface area (Å²) in [5.41, 5.74) is 1.90. The molecule has 1 aliphatic rings. The Kier molecular flexibility index (Phi) is 6.06. The first kappa shape index (κ1) is 17.4. The van der Waals surface area contributed by atoms with E-state index in [0.29, 0.717) is 5.02 Å². The van der Waals surface area contributed by atoms with Gasteiger partial charge in [0.2, 0.25) is 0 Å². The van der Waals surface area contributed by atoms with Crippen molar-refractivity contribution in [2.75, 3.05) is 12.4 Å². The van der Waals surface area contributed by atoms with Crippen molar-refractivity contribution >= 4 is 23.2 Å². The number of hydrogen-bond acceptors (Lipinski definition) is 3. The van der Waals surface area contributed by atoms with Crippen LogP contribution in [-0.2, 0) is 4.79 Å². The summed E-state index contributed by atoms with van der Waals surface area (Å²) in [5.74, 6) is -0.230. The maximum atomic E-state index is 12.5. The average Bonchev–Trinajstić information content (AvgIpc) is 2.58. The van der Waals surface area contributed by atoms with E-state index in [1.54, 1.807) is 24.1 Å². The van der Waals surface area contributed by atoms with Gasteiger partial charge in [0.05, 0.1) is 0 Å². The third kappa shape index (κ3) is 4.49. The lowest BCUT2D eigenvalue weighted by Crippen LogP contribution is -2.39. The van der Waals surface area contributed by atoms with E-state index in [1.165, 1.54) is 12.6 Å². The number of benzene rings is 1. The van der Waals surface area contributed by atoms with Crippen LogP contribution in [0.25, 0.3) is 0 Å². The molecule has 1 saturated carbocycles. The van der Waals surface area contributed by atoms with Gasteiger partial charge in [-0.3, -0.25) is 4.79 Å². The summed E-state index contributed by atoms with van der Waals surface area (Å²) in [4.78, 5) is 14.2. The van der Waals surface area contributed by atoms with Gasteiger partial charge in [0.25, 0.3) is 5.91 Å². The third-order valence-electron chi connectivity index (χ3n) is 4.37. The maximum absolute atomic E-state index is 12.5. The van der Waals surface area contributed by atoms with Crippen molar-refractivity contribution in [3.8, 4) is 6.07 Å². The molecule has 0 unspecified atom stereocenters. The normalized spacial score (nSPS) is 15.8. The van der Waals surface area contributed by atoms with Crippen molar-refractivity contribution < 1.29 is 4.79 Å². The fraction of sp³-hybridized carbons (Fsp3) is 0.444. The van der Waals surface area contributed by atoms with Crippen LogP contribution in [0.15, 0.2) is 30.0 Å². The van der Waals surface area contributed by atoms with E-state index >= 15 is 0 Å². The molecule has 1 aliphatic carbocycles. The predicted octanol–water partition coefficient (Wildman–Crippen LogP) is 4.26. The molecular weight excluding hydrogens is 310 g/mol. The molecule has 0 spiro atoms. The Morgan fingerprint density at radius 1 is 1.39 bits per heavy atom. The molecule has 1 N–H and O–H groups in total. The van der Waals surface area contributed by atoms with Gasteiger partial charge in [-0.2, -0.15) is 5.26 Å². The second-order valence-electron chi connectivity index (χ2n) is 5.98. The van der Waals surface area contributed by atoms with Crippen LogP contribution in [0.1, 0.15) is 37.7 Å². The first-order valence-electron chi connectivity index (χ1n) is 7.93. The van der Waals surface area contributed by atoms with Crippen LogP contribution in [0.5, 0.6) is 0 Å². The van der Waals surface area contributed by atoms with Crippen LogP contribution >= 0.6 is 11.6 Å². The number of carbonyl (C=O) groups excluding carboxylic acids is 1. The number of halogens is 1. The van der Waals surface area contributed by atoms with Gasteiger partial charge in [0, 0.05) is 30.0 Å². The van der Waals surface area contributed by atoms with Crippen LogP contribution < -0.4 is 5.32 Å². The molecule has 1 amide bonds. The lowest BCUT2D eigenvalue weighted by Gasteiger charge is -2.31. The van der Waals surface area contributed by atoms with E-state index in [-0.39, 0.29) is 17.5 Å². The summed E-state index contributed by atoms with van der Waals surface area (Å²) in [6.07, 6.45) is 7.03. The van der Waals surface area contributed by atoms with Crippen LogP contribution in [0.2, 0.25) is 5.02 Å². The van der Waals surface area contributed by atoms with E-state index in [9.17, 15) is 10.1 Å². The molecule has 122 valence electrons. The van der Waals surface area contributed by atoms with Crippen molar-refractivity contribution in [1.29, 1.82) is 5.26 Å². The van der Waals surface area contributed by atoms with Crippen LogP contribution in [0, 0.1) is 18.3 Å². The number of anilines is 1. The lowest BCUT2D eigenvalue weighted by atomic mass is 9.94. The van der Waals surface area contributed by atoms with Crippen LogP contribution in [0.3, 0.4) is 0 Å².